The number of halogens is 1. The second kappa shape index (κ2) is 6.28. The van der Waals surface area contributed by atoms with Gasteiger partial charge >= 0.3 is 12.1 Å². The Bertz CT molecular complexity index is 594. The molecule has 0 saturated carbocycles. The van der Waals surface area contributed by atoms with Gasteiger partial charge in [0, 0.05) is 10.4 Å². The van der Waals surface area contributed by atoms with E-state index in [1.807, 2.05) is 18.2 Å². The molecule has 0 heterocycles. The minimum Gasteiger partial charge on any atom is -0.480 e. The Kier molecular flexibility index (Phi) is 4.80. The second-order valence-electron chi connectivity index (χ2n) is 6.45. The monoisotopic (exact) mass is 369 g/mol. The maximum atomic E-state index is 11.9. The molecule has 1 aliphatic carbocycles. The van der Waals surface area contributed by atoms with E-state index in [0.29, 0.717) is 6.42 Å². The van der Waals surface area contributed by atoms with Gasteiger partial charge in [-0.3, -0.25) is 0 Å². The lowest BCUT2D eigenvalue weighted by atomic mass is 9.93. The predicted molar refractivity (Wildman–Crippen MR) is 86.0 cm³/mol. The molecule has 0 aromatic heterocycles. The largest absolute Gasteiger partial charge is 0.480 e. The molecule has 6 heteroatoms. The zero-order chi connectivity index (χ0) is 16.5. The maximum Gasteiger partial charge on any atom is 0.408 e. The summed E-state index contributed by atoms with van der Waals surface area (Å²) in [4.78, 5) is 23.5. The lowest BCUT2D eigenvalue weighted by molar-refractivity contribution is -0.140. The van der Waals surface area contributed by atoms with Crippen molar-refractivity contribution in [2.75, 3.05) is 0 Å². The van der Waals surface area contributed by atoms with Gasteiger partial charge < -0.3 is 15.2 Å². The van der Waals surface area contributed by atoms with Crippen LogP contribution in [0.4, 0.5) is 4.79 Å². The van der Waals surface area contributed by atoms with E-state index in [9.17, 15) is 14.7 Å². The van der Waals surface area contributed by atoms with Crippen LogP contribution in [0.5, 0.6) is 0 Å². The molecule has 0 spiro atoms. The van der Waals surface area contributed by atoms with Crippen LogP contribution in [-0.4, -0.2) is 28.8 Å². The number of hydrogen-bond acceptors (Lipinski definition) is 3. The molecule has 0 fully saturated rings. The first-order chi connectivity index (χ1) is 10.2. The summed E-state index contributed by atoms with van der Waals surface area (Å²) in [5.74, 6) is -1.30. The van der Waals surface area contributed by atoms with Crippen molar-refractivity contribution in [2.45, 2.75) is 51.2 Å². The molecule has 1 amide bonds. The molecule has 2 atom stereocenters. The van der Waals surface area contributed by atoms with Gasteiger partial charge in [0.1, 0.15) is 11.6 Å². The molecule has 22 heavy (non-hydrogen) atoms. The Morgan fingerprint density at radius 3 is 2.68 bits per heavy atom. The predicted octanol–water partition coefficient (Wildman–Crippen LogP) is 3.46. The average molecular weight is 370 g/mol. The molecule has 5 nitrogen and oxygen atoms in total. The zero-order valence-corrected chi connectivity index (χ0v) is 14.4. The van der Waals surface area contributed by atoms with E-state index in [1.54, 1.807) is 20.8 Å². The van der Waals surface area contributed by atoms with E-state index in [0.717, 1.165) is 22.0 Å². The highest BCUT2D eigenvalue weighted by Gasteiger charge is 2.36. The van der Waals surface area contributed by atoms with Crippen LogP contribution in [0.2, 0.25) is 0 Å². The van der Waals surface area contributed by atoms with Gasteiger partial charge in [-0.05, 0) is 56.9 Å². The molecule has 0 unspecified atom stereocenters. The number of fused-ring (bicyclic) bond motifs is 1. The lowest BCUT2D eigenvalue weighted by Gasteiger charge is -2.25. The summed E-state index contributed by atoms with van der Waals surface area (Å²) in [6, 6.07) is 4.87. The lowest BCUT2D eigenvalue weighted by Crippen LogP contribution is -2.46. The van der Waals surface area contributed by atoms with Crippen molar-refractivity contribution < 1.29 is 19.4 Å². The number of amides is 1. The Labute approximate surface area is 138 Å². The third kappa shape index (κ3) is 4.00. The topological polar surface area (TPSA) is 75.6 Å². The summed E-state index contributed by atoms with van der Waals surface area (Å²) >= 11 is 3.41. The van der Waals surface area contributed by atoms with Gasteiger partial charge in [0.2, 0.25) is 0 Å². The highest BCUT2D eigenvalue weighted by Crippen LogP contribution is 2.37. The minimum absolute atomic E-state index is 0.252. The number of nitrogens with one attached hydrogen (secondary N) is 1. The molecular weight excluding hydrogens is 350 g/mol. The van der Waals surface area contributed by atoms with E-state index in [2.05, 4.69) is 21.2 Å². The third-order valence-corrected chi connectivity index (χ3v) is 4.07. The molecule has 1 aromatic rings. The Balaban J connectivity index is 2.19. The van der Waals surface area contributed by atoms with Gasteiger partial charge in [-0.1, -0.05) is 22.0 Å². The number of alkyl carbamates (subject to hydrolysis) is 1. The van der Waals surface area contributed by atoms with Gasteiger partial charge in [-0.2, -0.15) is 0 Å². The Morgan fingerprint density at radius 2 is 2.09 bits per heavy atom. The number of aryl methyl sites for hydroxylation is 1. The van der Waals surface area contributed by atoms with Crippen LogP contribution in [0.3, 0.4) is 0 Å². The molecule has 0 aliphatic heterocycles. The zero-order valence-electron chi connectivity index (χ0n) is 12.9. The van der Waals surface area contributed by atoms with Gasteiger partial charge in [-0.15, -0.1) is 0 Å². The molecule has 0 bridgehead atoms. The number of carboxylic acids is 1. The second-order valence-corrected chi connectivity index (χ2v) is 7.37. The van der Waals surface area contributed by atoms with E-state index in [4.69, 9.17) is 4.74 Å². The van der Waals surface area contributed by atoms with Crippen LogP contribution in [0.1, 0.15) is 44.2 Å². The van der Waals surface area contributed by atoms with Gasteiger partial charge in [0.25, 0.3) is 0 Å². The quantitative estimate of drug-likeness (QED) is 0.855. The van der Waals surface area contributed by atoms with Crippen LogP contribution in [-0.2, 0) is 16.0 Å². The molecule has 120 valence electrons. The number of aliphatic carboxylic acids is 1. The normalized spacial score (nSPS) is 18.5. The summed E-state index contributed by atoms with van der Waals surface area (Å²) in [6.45, 7) is 5.22. The first-order valence-corrected chi connectivity index (χ1v) is 7.97. The van der Waals surface area contributed by atoms with Crippen LogP contribution < -0.4 is 5.32 Å². The van der Waals surface area contributed by atoms with Gasteiger partial charge in [0.05, 0.1) is 0 Å². The fourth-order valence-electron chi connectivity index (χ4n) is 2.72. The van der Waals surface area contributed by atoms with E-state index < -0.39 is 23.7 Å². The van der Waals surface area contributed by atoms with Crippen LogP contribution in [0.15, 0.2) is 22.7 Å². The van der Waals surface area contributed by atoms with Crippen molar-refractivity contribution in [1.82, 2.24) is 5.32 Å². The van der Waals surface area contributed by atoms with Crippen molar-refractivity contribution >= 4 is 28.0 Å². The number of hydrogen-bond donors (Lipinski definition) is 2. The van der Waals surface area contributed by atoms with Crippen molar-refractivity contribution in [3.8, 4) is 0 Å². The highest BCUT2D eigenvalue weighted by atomic mass is 79.9. The van der Waals surface area contributed by atoms with Crippen molar-refractivity contribution in [3.63, 3.8) is 0 Å². The summed E-state index contributed by atoms with van der Waals surface area (Å²) in [5, 5.41) is 12.0. The first-order valence-electron chi connectivity index (χ1n) is 7.18. The number of rotatable bonds is 3. The van der Waals surface area contributed by atoms with Crippen LogP contribution >= 0.6 is 15.9 Å². The summed E-state index contributed by atoms with van der Waals surface area (Å²) < 4.78 is 6.07. The van der Waals surface area contributed by atoms with Crippen molar-refractivity contribution in [2.24, 2.45) is 0 Å². The number of carboxylic acid groups (broad SMARTS) is 1. The van der Waals surface area contributed by atoms with E-state index in [1.165, 1.54) is 0 Å². The number of ether oxygens (including phenoxy) is 1. The summed E-state index contributed by atoms with van der Waals surface area (Å²) in [7, 11) is 0. The molecule has 1 aliphatic rings. The van der Waals surface area contributed by atoms with Crippen LogP contribution in [0, 0.1) is 0 Å². The van der Waals surface area contributed by atoms with Gasteiger partial charge in [-0.25, -0.2) is 9.59 Å². The Hall–Kier alpha value is -1.56. The molecule has 0 radical (unpaired) electrons. The summed E-state index contributed by atoms with van der Waals surface area (Å²) in [5.41, 5.74) is 1.44. The SMILES string of the molecule is CC(C)(C)OC(=O)N[C@H](C(=O)O)[C@H]1CCc2ccc(Br)cc21. The van der Waals surface area contributed by atoms with E-state index in [-0.39, 0.29) is 5.92 Å². The molecule has 0 saturated heterocycles. The minimum atomic E-state index is -1.05. The Morgan fingerprint density at radius 1 is 1.41 bits per heavy atom. The van der Waals surface area contributed by atoms with Gasteiger partial charge in [0.15, 0.2) is 0 Å². The molecule has 2 N–H and O–H groups in total. The van der Waals surface area contributed by atoms with Crippen molar-refractivity contribution in [1.29, 1.82) is 0 Å². The fourth-order valence-corrected chi connectivity index (χ4v) is 3.10. The molecule has 2 rings (SSSR count). The smallest absolute Gasteiger partial charge is 0.408 e. The van der Waals surface area contributed by atoms with Crippen molar-refractivity contribution in [3.05, 3.63) is 33.8 Å². The third-order valence-electron chi connectivity index (χ3n) is 3.57. The standard InChI is InChI=1S/C16H20BrNO4/c1-16(2,3)22-15(21)18-13(14(19)20)11-7-5-9-4-6-10(17)8-12(9)11/h4,6,8,11,13H,5,7H2,1-3H3,(H,18,21)(H,19,20)/t11-,13-/m0/s1. The average Bonchev–Trinajstić information content (AvgIpc) is 2.76. The van der Waals surface area contributed by atoms with E-state index >= 15 is 0 Å². The number of carbonyl (C=O) groups is 2. The fraction of sp³-hybridized carbons (Fsp3) is 0.500. The first kappa shape index (κ1) is 16.8. The number of carbonyl (C=O) groups excluding carboxylic acids is 1. The van der Waals surface area contributed by atoms with Crippen LogP contribution in [0.25, 0.3) is 0 Å². The maximum absolute atomic E-state index is 11.9. The molecule has 1 aromatic carbocycles. The highest BCUT2D eigenvalue weighted by molar-refractivity contribution is 9.10. The number of benzene rings is 1. The summed E-state index contributed by atoms with van der Waals surface area (Å²) in [6.07, 6.45) is 0.800. The molecular formula is C16H20BrNO4.